The first-order valence-corrected chi connectivity index (χ1v) is 5.63. The predicted octanol–water partition coefficient (Wildman–Crippen LogP) is 1.50. The Bertz CT molecular complexity index is 240. The number of carboxylic acids is 1. The molecule has 1 N–H and O–H groups in total. The van der Waals surface area contributed by atoms with Crippen molar-refractivity contribution < 1.29 is 14.7 Å². The van der Waals surface area contributed by atoms with Gasteiger partial charge in [0.05, 0.1) is 6.42 Å². The van der Waals surface area contributed by atoms with Crippen molar-refractivity contribution in [1.29, 1.82) is 0 Å². The van der Waals surface area contributed by atoms with Crippen molar-refractivity contribution in [3.63, 3.8) is 0 Å². The van der Waals surface area contributed by atoms with Crippen molar-refractivity contribution in [2.24, 2.45) is 5.92 Å². The number of carbonyl (C=O) groups excluding carboxylic acids is 1. The number of rotatable bonds is 4. The summed E-state index contributed by atoms with van der Waals surface area (Å²) in [4.78, 5) is 23.8. The summed E-state index contributed by atoms with van der Waals surface area (Å²) in [6, 6.07) is 0. The molecule has 1 aliphatic rings. The van der Waals surface area contributed by atoms with E-state index >= 15 is 0 Å². The average Bonchev–Trinajstić information content (AvgIpc) is 2.26. The van der Waals surface area contributed by atoms with E-state index in [1.54, 1.807) is 0 Å². The Kier molecular flexibility index (Phi) is 4.59. The van der Waals surface area contributed by atoms with E-state index in [4.69, 9.17) is 5.11 Å². The summed E-state index contributed by atoms with van der Waals surface area (Å²) in [6.45, 7) is 3.75. The van der Waals surface area contributed by atoms with Crippen LogP contribution in [0.2, 0.25) is 0 Å². The molecule has 1 aliphatic heterocycles. The highest BCUT2D eigenvalue weighted by Crippen LogP contribution is 2.19. The molecule has 1 rings (SSSR count). The molecule has 0 aliphatic carbocycles. The average molecular weight is 213 g/mol. The predicted molar refractivity (Wildman–Crippen MR) is 56.5 cm³/mol. The molecule has 0 aromatic heterocycles. The highest BCUT2D eigenvalue weighted by molar-refractivity contribution is 5.80. The third-order valence-electron chi connectivity index (χ3n) is 3.00. The minimum absolute atomic E-state index is 0.00412. The second-order valence-electron chi connectivity index (χ2n) is 4.15. The molecule has 0 aromatic rings. The standard InChI is InChI=1S/C11H19NO3/c1-2-9-4-3-7-12(8-9)10(13)5-6-11(14)15/h9H,2-8H2,1H3,(H,14,15). The first kappa shape index (κ1) is 12.0. The van der Waals surface area contributed by atoms with Crippen molar-refractivity contribution in [2.75, 3.05) is 13.1 Å². The zero-order valence-corrected chi connectivity index (χ0v) is 9.24. The van der Waals surface area contributed by atoms with Crippen LogP contribution in [0.15, 0.2) is 0 Å². The molecule has 1 fully saturated rings. The van der Waals surface area contributed by atoms with Gasteiger partial charge in [0.25, 0.3) is 0 Å². The van der Waals surface area contributed by atoms with Crippen LogP contribution in [-0.2, 0) is 9.59 Å². The number of hydrogen-bond donors (Lipinski definition) is 1. The number of carboxylic acid groups (broad SMARTS) is 1. The molecule has 0 radical (unpaired) electrons. The van der Waals surface area contributed by atoms with Gasteiger partial charge < -0.3 is 10.0 Å². The summed E-state index contributed by atoms with van der Waals surface area (Å²) in [7, 11) is 0. The van der Waals surface area contributed by atoms with E-state index in [0.29, 0.717) is 5.92 Å². The van der Waals surface area contributed by atoms with Crippen LogP contribution < -0.4 is 0 Å². The van der Waals surface area contributed by atoms with Gasteiger partial charge in [-0.2, -0.15) is 0 Å². The lowest BCUT2D eigenvalue weighted by Crippen LogP contribution is -2.39. The topological polar surface area (TPSA) is 57.6 Å². The number of amides is 1. The fourth-order valence-electron chi connectivity index (χ4n) is 2.00. The van der Waals surface area contributed by atoms with Crippen LogP contribution in [0.25, 0.3) is 0 Å². The largest absolute Gasteiger partial charge is 0.481 e. The molecule has 1 amide bonds. The van der Waals surface area contributed by atoms with Crippen LogP contribution in [-0.4, -0.2) is 35.0 Å². The summed E-state index contributed by atoms with van der Waals surface area (Å²) in [5.41, 5.74) is 0. The summed E-state index contributed by atoms with van der Waals surface area (Å²) in [6.07, 6.45) is 3.44. The first-order chi connectivity index (χ1) is 7.13. The molecule has 1 unspecified atom stereocenters. The Morgan fingerprint density at radius 2 is 2.13 bits per heavy atom. The van der Waals surface area contributed by atoms with E-state index < -0.39 is 5.97 Å². The van der Waals surface area contributed by atoms with E-state index in [0.717, 1.165) is 25.9 Å². The third kappa shape index (κ3) is 3.90. The third-order valence-corrected chi connectivity index (χ3v) is 3.00. The van der Waals surface area contributed by atoms with E-state index in [1.165, 1.54) is 6.42 Å². The number of aliphatic carboxylic acids is 1. The Labute approximate surface area is 90.3 Å². The summed E-state index contributed by atoms with van der Waals surface area (Å²) < 4.78 is 0. The molecule has 1 atom stereocenters. The molecule has 0 bridgehead atoms. The Hall–Kier alpha value is -1.06. The van der Waals surface area contributed by atoms with E-state index in [1.807, 2.05) is 4.90 Å². The van der Waals surface area contributed by atoms with Gasteiger partial charge in [-0.25, -0.2) is 0 Å². The molecule has 0 aromatic carbocycles. The highest BCUT2D eigenvalue weighted by atomic mass is 16.4. The lowest BCUT2D eigenvalue weighted by atomic mass is 9.95. The maximum absolute atomic E-state index is 11.6. The summed E-state index contributed by atoms with van der Waals surface area (Å²) >= 11 is 0. The Morgan fingerprint density at radius 1 is 1.40 bits per heavy atom. The fraction of sp³-hybridized carbons (Fsp3) is 0.818. The number of piperidine rings is 1. The van der Waals surface area contributed by atoms with Gasteiger partial charge in [-0.1, -0.05) is 13.3 Å². The number of nitrogens with zero attached hydrogens (tertiary/aromatic N) is 1. The molecule has 86 valence electrons. The van der Waals surface area contributed by atoms with Gasteiger partial charge in [0.15, 0.2) is 0 Å². The molecule has 0 saturated carbocycles. The van der Waals surface area contributed by atoms with Crippen LogP contribution in [0.4, 0.5) is 0 Å². The van der Waals surface area contributed by atoms with Crippen molar-refractivity contribution in [3.05, 3.63) is 0 Å². The lowest BCUT2D eigenvalue weighted by Gasteiger charge is -2.32. The van der Waals surface area contributed by atoms with Gasteiger partial charge in [-0.05, 0) is 18.8 Å². The van der Waals surface area contributed by atoms with Crippen LogP contribution >= 0.6 is 0 Å². The monoisotopic (exact) mass is 213 g/mol. The van der Waals surface area contributed by atoms with Gasteiger partial charge in [0.1, 0.15) is 0 Å². The fourth-order valence-corrected chi connectivity index (χ4v) is 2.00. The number of likely N-dealkylation sites (tertiary alicyclic amines) is 1. The smallest absolute Gasteiger partial charge is 0.303 e. The summed E-state index contributed by atoms with van der Waals surface area (Å²) in [5, 5.41) is 8.49. The van der Waals surface area contributed by atoms with Crippen LogP contribution in [0.3, 0.4) is 0 Å². The maximum Gasteiger partial charge on any atom is 0.303 e. The van der Waals surface area contributed by atoms with E-state index in [2.05, 4.69) is 6.92 Å². The zero-order chi connectivity index (χ0) is 11.3. The van der Waals surface area contributed by atoms with Crippen molar-refractivity contribution >= 4 is 11.9 Å². The second kappa shape index (κ2) is 5.73. The van der Waals surface area contributed by atoms with E-state index in [9.17, 15) is 9.59 Å². The zero-order valence-electron chi connectivity index (χ0n) is 9.24. The van der Waals surface area contributed by atoms with Crippen LogP contribution in [0, 0.1) is 5.92 Å². The molecular formula is C11H19NO3. The molecular weight excluding hydrogens is 194 g/mol. The highest BCUT2D eigenvalue weighted by Gasteiger charge is 2.22. The van der Waals surface area contributed by atoms with Crippen LogP contribution in [0.1, 0.15) is 39.0 Å². The Morgan fingerprint density at radius 3 is 2.73 bits per heavy atom. The molecule has 1 saturated heterocycles. The van der Waals surface area contributed by atoms with Crippen molar-refractivity contribution in [1.82, 2.24) is 4.90 Å². The quantitative estimate of drug-likeness (QED) is 0.770. The second-order valence-corrected chi connectivity index (χ2v) is 4.15. The molecule has 15 heavy (non-hydrogen) atoms. The van der Waals surface area contributed by atoms with Crippen molar-refractivity contribution in [3.8, 4) is 0 Å². The number of hydrogen-bond acceptors (Lipinski definition) is 2. The van der Waals surface area contributed by atoms with Gasteiger partial charge in [-0.3, -0.25) is 9.59 Å². The van der Waals surface area contributed by atoms with Gasteiger partial charge in [-0.15, -0.1) is 0 Å². The van der Waals surface area contributed by atoms with Crippen LogP contribution in [0.5, 0.6) is 0 Å². The minimum Gasteiger partial charge on any atom is -0.481 e. The molecule has 1 heterocycles. The van der Waals surface area contributed by atoms with Gasteiger partial charge in [0.2, 0.25) is 5.91 Å². The normalized spacial score (nSPS) is 21.4. The molecule has 4 nitrogen and oxygen atoms in total. The number of carbonyl (C=O) groups is 2. The van der Waals surface area contributed by atoms with E-state index in [-0.39, 0.29) is 18.7 Å². The van der Waals surface area contributed by atoms with Crippen molar-refractivity contribution in [2.45, 2.75) is 39.0 Å². The van der Waals surface area contributed by atoms with Gasteiger partial charge in [0, 0.05) is 19.5 Å². The molecule has 4 heteroatoms. The SMILES string of the molecule is CCC1CCCN(C(=O)CCC(=O)O)C1. The molecule has 0 spiro atoms. The summed E-state index contributed by atoms with van der Waals surface area (Å²) in [5.74, 6) is -0.296. The lowest BCUT2D eigenvalue weighted by molar-refractivity contribution is -0.141. The Balaban J connectivity index is 2.35. The van der Waals surface area contributed by atoms with Gasteiger partial charge >= 0.3 is 5.97 Å². The maximum atomic E-state index is 11.6. The first-order valence-electron chi connectivity index (χ1n) is 5.63. The minimum atomic E-state index is -0.896.